The molecule has 6 aromatic heterocycles. The van der Waals surface area contributed by atoms with Crippen LogP contribution in [0.4, 0.5) is 17.5 Å². The van der Waals surface area contributed by atoms with Crippen LogP contribution in [0, 0.1) is 13.8 Å². The Hall–Kier alpha value is -7.33. The summed E-state index contributed by atoms with van der Waals surface area (Å²) in [4.78, 5) is 54.0. The number of anilines is 3. The van der Waals surface area contributed by atoms with Gasteiger partial charge in [0, 0.05) is 30.6 Å². The van der Waals surface area contributed by atoms with Crippen molar-refractivity contribution in [3.63, 3.8) is 0 Å². The van der Waals surface area contributed by atoms with Gasteiger partial charge in [0.2, 0.25) is 0 Å². The number of benzene rings is 3. The van der Waals surface area contributed by atoms with Crippen LogP contribution in [0.5, 0.6) is 0 Å². The predicted octanol–water partition coefficient (Wildman–Crippen LogP) is 5.87. The number of pyridine rings is 1. The summed E-state index contributed by atoms with van der Waals surface area (Å²) in [5.41, 5.74) is 20.0. The number of nitrogens with two attached hydrogens (primary N) is 2. The van der Waals surface area contributed by atoms with Gasteiger partial charge < -0.3 is 30.4 Å². The number of nitrogen functional groups attached to an aromatic ring is 2. The van der Waals surface area contributed by atoms with E-state index in [1.807, 2.05) is 71.5 Å². The van der Waals surface area contributed by atoms with Crippen molar-refractivity contribution in [2.45, 2.75) is 52.2 Å². The monoisotopic (exact) mass is 813 g/mol. The lowest BCUT2D eigenvalue weighted by molar-refractivity contribution is 0.314. The van der Waals surface area contributed by atoms with Gasteiger partial charge in [-0.2, -0.15) is 0 Å². The molecule has 0 radical (unpaired) electrons. The molecular formula is C45H47N15O. The van der Waals surface area contributed by atoms with Crippen LogP contribution in [-0.4, -0.2) is 91.7 Å². The summed E-state index contributed by atoms with van der Waals surface area (Å²) in [6.45, 7) is 8.73. The number of hydrogen-bond acceptors (Lipinski definition) is 13. The van der Waals surface area contributed by atoms with E-state index in [2.05, 4.69) is 85.0 Å². The minimum Gasteiger partial charge on any atom is -0.382 e. The molecule has 61 heavy (non-hydrogen) atoms. The van der Waals surface area contributed by atoms with Crippen LogP contribution in [-0.2, 0) is 6.54 Å². The molecule has 1 saturated heterocycles. The average Bonchev–Trinajstić information content (AvgIpc) is 4.00. The second kappa shape index (κ2) is 16.0. The fraction of sp³-hybridized carbons (Fsp3) is 0.267. The lowest BCUT2D eigenvalue weighted by atomic mass is 10.1. The first-order chi connectivity index (χ1) is 29.6. The summed E-state index contributed by atoms with van der Waals surface area (Å²) in [5, 5.41) is 1.75. The Morgan fingerprint density at radius 3 is 2.26 bits per heavy atom. The zero-order chi connectivity index (χ0) is 42.4. The molecule has 3 aromatic carbocycles. The van der Waals surface area contributed by atoms with Gasteiger partial charge in [-0.1, -0.05) is 48.5 Å². The number of para-hydroxylation sites is 2. The SMILES string of the molecule is Cc1cccc2cc(Cn3cnc4c(N)ncnc43)c(N(C)CC3CCCN3C)nc12.Cc1cccc2nc(C(C)n3cnc4c(N)ncnc43)n(-c3ccccc3)c(=O)c12. The standard InChI is InChI=1S/C23H28N8.C22H19N7O/c1-15-6-4-7-16-10-17(11-31-14-27-20-21(24)25-13-26-23(20)31)22(28-19(15)16)30(3)12-18-8-5-9-29(18)2;1-13-7-6-10-16-17(13)22(30)29(15-8-4-3-5-9-15)20(27-16)14(2)28-12-26-18-19(23)24-11-25-21(18)28/h4,6-7,10,13-14,18H,5,8-9,11-12H2,1-3H3,(H2,24,25,26);3-12,14H,1-2H3,(H2,23,24,25). The molecule has 1 fully saturated rings. The molecule has 2 atom stereocenters. The highest BCUT2D eigenvalue weighted by Crippen LogP contribution is 2.29. The molecular weight excluding hydrogens is 767 g/mol. The number of likely N-dealkylation sites (tertiary alicyclic amines) is 1. The molecule has 0 amide bonds. The summed E-state index contributed by atoms with van der Waals surface area (Å²) in [6.07, 6.45) is 8.82. The largest absolute Gasteiger partial charge is 0.382 e. The first-order valence-corrected chi connectivity index (χ1v) is 20.3. The van der Waals surface area contributed by atoms with Crippen molar-refractivity contribution < 1.29 is 0 Å². The summed E-state index contributed by atoms with van der Waals surface area (Å²) >= 11 is 0. The molecule has 1 aliphatic rings. The van der Waals surface area contributed by atoms with E-state index >= 15 is 0 Å². The van der Waals surface area contributed by atoms with Crippen molar-refractivity contribution in [2.75, 3.05) is 43.6 Å². The van der Waals surface area contributed by atoms with E-state index in [0.29, 0.717) is 57.6 Å². The fourth-order valence-corrected chi connectivity index (χ4v) is 8.44. The van der Waals surface area contributed by atoms with Gasteiger partial charge in [-0.05, 0) is 82.6 Å². The second-order valence-corrected chi connectivity index (χ2v) is 15.8. The van der Waals surface area contributed by atoms with Crippen LogP contribution in [0.3, 0.4) is 0 Å². The Kier molecular flexibility index (Phi) is 10.3. The summed E-state index contributed by atoms with van der Waals surface area (Å²) in [6, 6.07) is 24.0. The summed E-state index contributed by atoms with van der Waals surface area (Å²) in [7, 11) is 4.36. The van der Waals surface area contributed by atoms with Crippen LogP contribution in [0.1, 0.15) is 48.3 Å². The molecule has 16 nitrogen and oxygen atoms in total. The van der Waals surface area contributed by atoms with Crippen molar-refractivity contribution in [3.8, 4) is 5.69 Å². The maximum absolute atomic E-state index is 13.6. The number of likely N-dealkylation sites (N-methyl/N-ethyl adjacent to an activating group) is 2. The third kappa shape index (κ3) is 7.24. The minimum absolute atomic E-state index is 0.107. The number of fused-ring (bicyclic) bond motifs is 4. The summed E-state index contributed by atoms with van der Waals surface area (Å²) < 4.78 is 5.54. The fourth-order valence-electron chi connectivity index (χ4n) is 8.44. The van der Waals surface area contributed by atoms with E-state index in [1.165, 1.54) is 31.1 Å². The van der Waals surface area contributed by atoms with E-state index in [9.17, 15) is 4.79 Å². The van der Waals surface area contributed by atoms with Crippen LogP contribution in [0.2, 0.25) is 0 Å². The minimum atomic E-state index is -0.331. The number of nitrogens with zero attached hydrogens (tertiary/aromatic N) is 13. The van der Waals surface area contributed by atoms with Crippen LogP contribution < -0.4 is 21.9 Å². The molecule has 4 N–H and O–H groups in total. The third-order valence-electron chi connectivity index (χ3n) is 11.7. The molecule has 2 unspecified atom stereocenters. The van der Waals surface area contributed by atoms with Crippen molar-refractivity contribution in [2.24, 2.45) is 0 Å². The first kappa shape index (κ1) is 39.1. The smallest absolute Gasteiger partial charge is 0.266 e. The topological polar surface area (TPSA) is 194 Å². The molecule has 1 aliphatic heterocycles. The predicted molar refractivity (Wildman–Crippen MR) is 240 cm³/mol. The Labute approximate surface area is 351 Å². The maximum Gasteiger partial charge on any atom is 0.266 e. The van der Waals surface area contributed by atoms with E-state index in [0.717, 1.165) is 52.3 Å². The Morgan fingerprint density at radius 1 is 0.803 bits per heavy atom. The van der Waals surface area contributed by atoms with Crippen LogP contribution in [0.25, 0.3) is 49.8 Å². The van der Waals surface area contributed by atoms with Crippen molar-refractivity contribution >= 4 is 61.6 Å². The zero-order valence-electron chi connectivity index (χ0n) is 34.8. The summed E-state index contributed by atoms with van der Waals surface area (Å²) in [5.74, 6) is 2.30. The van der Waals surface area contributed by atoms with E-state index < -0.39 is 0 Å². The van der Waals surface area contributed by atoms with E-state index in [4.69, 9.17) is 21.4 Å². The number of aromatic nitrogens is 11. The average molecular weight is 814 g/mol. The highest BCUT2D eigenvalue weighted by molar-refractivity contribution is 5.86. The van der Waals surface area contributed by atoms with E-state index in [1.54, 1.807) is 17.2 Å². The molecule has 9 aromatic rings. The van der Waals surface area contributed by atoms with Gasteiger partial charge in [0.05, 0.1) is 47.3 Å². The third-order valence-corrected chi connectivity index (χ3v) is 11.7. The number of imidazole rings is 2. The van der Waals surface area contributed by atoms with Gasteiger partial charge >= 0.3 is 0 Å². The normalized spacial score (nSPS) is 14.8. The van der Waals surface area contributed by atoms with E-state index in [-0.39, 0.29) is 11.6 Å². The Bertz CT molecular complexity index is 3120. The molecule has 10 rings (SSSR count). The Balaban J connectivity index is 0.000000156. The van der Waals surface area contributed by atoms with Crippen LogP contribution in [0.15, 0.2) is 103 Å². The number of aryl methyl sites for hydroxylation is 2. The molecule has 7 heterocycles. The van der Waals surface area contributed by atoms with Gasteiger partial charge in [0.25, 0.3) is 5.56 Å². The van der Waals surface area contributed by atoms with Crippen molar-refractivity contribution in [1.29, 1.82) is 0 Å². The lowest BCUT2D eigenvalue weighted by Gasteiger charge is -2.28. The molecule has 308 valence electrons. The Morgan fingerprint density at radius 2 is 1.51 bits per heavy atom. The highest BCUT2D eigenvalue weighted by Gasteiger charge is 2.25. The zero-order valence-corrected chi connectivity index (χ0v) is 34.8. The molecule has 0 bridgehead atoms. The van der Waals surface area contributed by atoms with Crippen molar-refractivity contribution in [1.82, 2.24) is 58.5 Å². The van der Waals surface area contributed by atoms with Gasteiger partial charge in [-0.15, -0.1) is 0 Å². The first-order valence-electron chi connectivity index (χ1n) is 20.3. The quantitative estimate of drug-likeness (QED) is 0.185. The van der Waals surface area contributed by atoms with Gasteiger partial charge in [0.1, 0.15) is 35.3 Å². The molecule has 0 saturated carbocycles. The lowest BCUT2D eigenvalue weighted by Crippen LogP contribution is -2.37. The van der Waals surface area contributed by atoms with Crippen molar-refractivity contribution in [3.05, 3.63) is 131 Å². The van der Waals surface area contributed by atoms with Crippen LogP contribution >= 0.6 is 0 Å². The highest BCUT2D eigenvalue weighted by atomic mass is 16.1. The molecule has 16 heteroatoms. The van der Waals surface area contributed by atoms with Gasteiger partial charge in [-0.25, -0.2) is 39.9 Å². The molecule has 0 spiro atoms. The number of rotatable bonds is 8. The molecule has 0 aliphatic carbocycles. The second-order valence-electron chi connectivity index (χ2n) is 15.8. The van der Waals surface area contributed by atoms with Gasteiger partial charge in [-0.3, -0.25) is 9.36 Å². The maximum atomic E-state index is 13.6. The van der Waals surface area contributed by atoms with Gasteiger partial charge in [0.15, 0.2) is 22.9 Å². The number of hydrogen-bond donors (Lipinski definition) is 2.